The highest BCUT2D eigenvalue weighted by molar-refractivity contribution is 6.55. The molecule has 0 aliphatic carbocycles. The predicted molar refractivity (Wildman–Crippen MR) is 55.4 cm³/mol. The summed E-state index contributed by atoms with van der Waals surface area (Å²) in [5.74, 6) is -0.496. The van der Waals surface area contributed by atoms with Gasteiger partial charge in [0, 0.05) is 0 Å². The molecule has 0 amide bonds. The molecule has 0 unspecified atom stereocenters. The molecule has 2 radical (unpaired) electrons. The van der Waals surface area contributed by atoms with E-state index in [-0.39, 0.29) is 6.61 Å². The fraction of sp³-hybridized carbons (Fsp3) is 0.200. The molecule has 0 spiro atoms. The standard InChI is InChI=1S/C10H9BO5/c1-14-10(13)16-8-4-2-7(3-5-8)6-15-9(11)12/h2-5H,6H2,1H3. The number of carbonyl (C=O) groups is 2. The molecule has 6 heteroatoms. The van der Waals surface area contributed by atoms with E-state index in [9.17, 15) is 9.59 Å². The summed E-state index contributed by atoms with van der Waals surface area (Å²) >= 11 is 0. The van der Waals surface area contributed by atoms with Gasteiger partial charge in [0.25, 0.3) is 0 Å². The largest absolute Gasteiger partial charge is 0.513 e. The van der Waals surface area contributed by atoms with E-state index in [4.69, 9.17) is 12.6 Å². The van der Waals surface area contributed by atoms with Gasteiger partial charge in [-0.3, -0.25) is 4.79 Å². The smallest absolute Gasteiger partial charge is 0.470 e. The number of carbonyl (C=O) groups excluding carboxylic acids is 2. The Bertz CT molecular complexity index is 373. The first-order chi connectivity index (χ1) is 7.61. The summed E-state index contributed by atoms with van der Waals surface area (Å²) in [5, 5.41) is 0. The summed E-state index contributed by atoms with van der Waals surface area (Å²) in [7, 11) is 6.03. The van der Waals surface area contributed by atoms with Gasteiger partial charge in [-0.2, -0.15) is 0 Å². The van der Waals surface area contributed by atoms with Gasteiger partial charge < -0.3 is 14.2 Å². The minimum Gasteiger partial charge on any atom is -0.470 e. The second kappa shape index (κ2) is 5.80. The molecule has 0 atom stereocenters. The monoisotopic (exact) mass is 220 g/mol. The van der Waals surface area contributed by atoms with Gasteiger partial charge in [0.2, 0.25) is 13.7 Å². The van der Waals surface area contributed by atoms with E-state index in [1.54, 1.807) is 24.3 Å². The average Bonchev–Trinajstić information content (AvgIpc) is 2.28. The van der Waals surface area contributed by atoms with Crippen LogP contribution in [0.2, 0.25) is 0 Å². The fourth-order valence-corrected chi connectivity index (χ4v) is 0.946. The van der Waals surface area contributed by atoms with Crippen molar-refractivity contribution in [1.29, 1.82) is 0 Å². The first-order valence-corrected chi connectivity index (χ1v) is 4.39. The molecule has 82 valence electrons. The number of ether oxygens (including phenoxy) is 3. The Morgan fingerprint density at radius 2 is 1.88 bits per heavy atom. The van der Waals surface area contributed by atoms with Crippen LogP contribution < -0.4 is 4.74 Å². The Morgan fingerprint density at radius 1 is 1.25 bits per heavy atom. The summed E-state index contributed by atoms with van der Waals surface area (Å²) in [4.78, 5) is 21.1. The van der Waals surface area contributed by atoms with Gasteiger partial charge in [0.15, 0.2) is 0 Å². The van der Waals surface area contributed by atoms with Gasteiger partial charge in [-0.05, 0) is 17.7 Å². The minimum atomic E-state index is -0.838. The maximum Gasteiger partial charge on any atom is 0.513 e. The van der Waals surface area contributed by atoms with Crippen LogP contribution in [-0.4, -0.2) is 27.0 Å². The van der Waals surface area contributed by atoms with Crippen molar-refractivity contribution in [1.82, 2.24) is 0 Å². The molecule has 0 N–H and O–H groups in total. The molecule has 0 aliphatic heterocycles. The highest BCUT2D eigenvalue weighted by Crippen LogP contribution is 2.13. The van der Waals surface area contributed by atoms with Crippen LogP contribution in [0.3, 0.4) is 0 Å². The van der Waals surface area contributed by atoms with E-state index in [2.05, 4.69) is 9.47 Å². The lowest BCUT2D eigenvalue weighted by atomic mass is 10.2. The summed E-state index contributed by atoms with van der Waals surface area (Å²) < 4.78 is 13.6. The molecule has 1 aromatic carbocycles. The topological polar surface area (TPSA) is 61.8 Å². The van der Waals surface area contributed by atoms with Gasteiger partial charge in [-0.15, -0.1) is 0 Å². The Labute approximate surface area is 93.7 Å². The van der Waals surface area contributed by atoms with Crippen LogP contribution in [0.4, 0.5) is 9.59 Å². The third-order valence-electron chi connectivity index (χ3n) is 1.67. The van der Waals surface area contributed by atoms with Crippen LogP contribution >= 0.6 is 0 Å². The lowest BCUT2D eigenvalue weighted by Crippen LogP contribution is -2.07. The van der Waals surface area contributed by atoms with Crippen molar-refractivity contribution in [2.75, 3.05) is 7.11 Å². The quantitative estimate of drug-likeness (QED) is 0.440. The molecule has 0 aromatic heterocycles. The van der Waals surface area contributed by atoms with Crippen molar-refractivity contribution in [3.63, 3.8) is 0 Å². The second-order valence-corrected chi connectivity index (χ2v) is 2.81. The van der Waals surface area contributed by atoms with Gasteiger partial charge in [0.05, 0.1) is 7.11 Å². The molecule has 5 nitrogen and oxygen atoms in total. The van der Waals surface area contributed by atoms with Crippen molar-refractivity contribution in [3.8, 4) is 5.75 Å². The zero-order valence-corrected chi connectivity index (χ0v) is 8.64. The highest BCUT2D eigenvalue weighted by atomic mass is 16.7. The lowest BCUT2D eigenvalue weighted by Gasteiger charge is -2.04. The maximum atomic E-state index is 10.8. The summed E-state index contributed by atoms with van der Waals surface area (Å²) in [6.07, 6.45) is -0.791. The molecular weight excluding hydrogens is 211 g/mol. The first kappa shape index (κ1) is 12.1. The van der Waals surface area contributed by atoms with Crippen LogP contribution in [0.5, 0.6) is 5.75 Å². The van der Waals surface area contributed by atoms with Crippen molar-refractivity contribution in [2.45, 2.75) is 6.61 Å². The molecule has 0 saturated heterocycles. The van der Waals surface area contributed by atoms with Crippen molar-refractivity contribution >= 4 is 19.9 Å². The Balaban J connectivity index is 2.54. The van der Waals surface area contributed by atoms with Gasteiger partial charge >= 0.3 is 6.16 Å². The number of rotatable bonds is 3. The van der Waals surface area contributed by atoms with Crippen molar-refractivity contribution in [2.24, 2.45) is 0 Å². The van der Waals surface area contributed by atoms with Crippen LogP contribution in [0.15, 0.2) is 24.3 Å². The third-order valence-corrected chi connectivity index (χ3v) is 1.67. The molecule has 0 heterocycles. The van der Waals surface area contributed by atoms with E-state index in [0.717, 1.165) is 5.56 Å². The van der Waals surface area contributed by atoms with Crippen LogP contribution in [-0.2, 0) is 16.1 Å². The summed E-state index contributed by atoms with van der Waals surface area (Å²) in [5.41, 5.74) is 0.732. The van der Waals surface area contributed by atoms with Gasteiger partial charge in [-0.1, -0.05) is 12.1 Å². The number of hydrogen-bond donors (Lipinski definition) is 0. The van der Waals surface area contributed by atoms with E-state index >= 15 is 0 Å². The average molecular weight is 220 g/mol. The number of methoxy groups -OCH3 is 1. The van der Waals surface area contributed by atoms with Gasteiger partial charge in [-0.25, -0.2) is 4.79 Å². The van der Waals surface area contributed by atoms with E-state index in [1.807, 2.05) is 0 Å². The number of benzene rings is 1. The molecule has 1 rings (SSSR count). The maximum absolute atomic E-state index is 10.8. The third kappa shape index (κ3) is 4.04. The summed E-state index contributed by atoms with van der Waals surface area (Å²) in [6, 6.07) is 6.38. The Kier molecular flexibility index (Phi) is 4.38. The molecule has 0 aliphatic rings. The van der Waals surface area contributed by atoms with Crippen LogP contribution in [0.25, 0.3) is 0 Å². The van der Waals surface area contributed by atoms with Crippen molar-refractivity contribution < 1.29 is 23.8 Å². The zero-order chi connectivity index (χ0) is 12.0. The molecule has 16 heavy (non-hydrogen) atoms. The van der Waals surface area contributed by atoms with E-state index in [1.165, 1.54) is 7.11 Å². The lowest BCUT2D eigenvalue weighted by molar-refractivity contribution is 0.121. The van der Waals surface area contributed by atoms with Crippen LogP contribution in [0, 0.1) is 0 Å². The SMILES string of the molecule is [B]C(=O)OCc1ccc(OC(=O)OC)cc1. The molecule has 0 fully saturated rings. The van der Waals surface area contributed by atoms with Crippen LogP contribution in [0.1, 0.15) is 5.56 Å². The Hall–Kier alpha value is -1.98. The number of hydrogen-bond acceptors (Lipinski definition) is 5. The van der Waals surface area contributed by atoms with E-state index in [0.29, 0.717) is 5.75 Å². The van der Waals surface area contributed by atoms with Gasteiger partial charge in [0.1, 0.15) is 12.4 Å². The molecule has 1 aromatic rings. The van der Waals surface area contributed by atoms with Crippen molar-refractivity contribution in [3.05, 3.63) is 29.8 Å². The predicted octanol–water partition coefficient (Wildman–Crippen LogP) is 1.64. The fourth-order valence-electron chi connectivity index (χ4n) is 0.946. The minimum absolute atomic E-state index is 0.0772. The summed E-state index contributed by atoms with van der Waals surface area (Å²) in [6.45, 7) is 0.0772. The second-order valence-electron chi connectivity index (χ2n) is 2.81. The zero-order valence-electron chi connectivity index (χ0n) is 8.64. The van der Waals surface area contributed by atoms with E-state index < -0.39 is 12.0 Å². The molecular formula is C10H9BO5. The normalized spacial score (nSPS) is 9.31. The molecule has 0 saturated carbocycles. The Morgan fingerprint density at radius 3 is 2.38 bits per heavy atom. The highest BCUT2D eigenvalue weighted by Gasteiger charge is 2.03. The first-order valence-electron chi connectivity index (χ1n) is 4.39. The molecule has 0 bridgehead atoms.